The number of azo groups is 1. The summed E-state index contributed by atoms with van der Waals surface area (Å²) in [4.78, 5) is 12.2. The fraction of sp³-hybridized carbons (Fsp3) is 0.190. The summed E-state index contributed by atoms with van der Waals surface area (Å²) >= 11 is 0. The number of aromatic nitrogens is 1. The molecular weight excluding hydrogens is 383 g/mol. The predicted octanol–water partition coefficient (Wildman–Crippen LogP) is 6.26. The molecule has 1 aromatic heterocycles. The molecule has 0 spiro atoms. The molecule has 3 aromatic rings. The highest BCUT2D eigenvalue weighted by Crippen LogP contribution is 2.39. The maximum atomic E-state index is 12.6. The van der Waals surface area contributed by atoms with Crippen LogP contribution in [0.2, 0.25) is 0 Å². The van der Waals surface area contributed by atoms with Crippen molar-refractivity contribution in [1.82, 2.24) is 4.57 Å². The molecule has 150 valence electrons. The number of carbonyl (C=O) groups is 1. The Morgan fingerprint density at radius 1 is 1.10 bits per heavy atom. The van der Waals surface area contributed by atoms with Crippen LogP contribution in [-0.4, -0.2) is 15.6 Å². The molecule has 0 aliphatic rings. The van der Waals surface area contributed by atoms with Crippen molar-refractivity contribution in [2.75, 3.05) is 0 Å². The van der Waals surface area contributed by atoms with E-state index in [4.69, 9.17) is 0 Å². The van der Waals surface area contributed by atoms with Gasteiger partial charge in [0, 0.05) is 17.5 Å². The van der Waals surface area contributed by atoms with Crippen LogP contribution in [0.25, 0.3) is 10.9 Å². The van der Waals surface area contributed by atoms with Gasteiger partial charge in [-0.05, 0) is 44.2 Å². The molecule has 0 saturated carbocycles. The van der Waals surface area contributed by atoms with Crippen LogP contribution in [0.5, 0.6) is 5.88 Å². The number of alkyl halides is 3. The number of carbonyl (C=O) groups excluding carboxylic acids is 1. The number of amides is 1. The van der Waals surface area contributed by atoms with E-state index in [1.165, 1.54) is 0 Å². The zero-order chi connectivity index (χ0) is 21.2. The highest BCUT2D eigenvalue weighted by molar-refractivity contribution is 5.97. The number of hydrogen-bond donors (Lipinski definition) is 1. The van der Waals surface area contributed by atoms with Gasteiger partial charge in [-0.15, -0.1) is 10.2 Å². The lowest BCUT2D eigenvalue weighted by Crippen LogP contribution is -2.05. The van der Waals surface area contributed by atoms with Crippen LogP contribution < -0.4 is 0 Å². The normalized spacial score (nSPS) is 11.9. The van der Waals surface area contributed by atoms with Gasteiger partial charge in [0.2, 0.25) is 5.88 Å². The second kappa shape index (κ2) is 7.90. The van der Waals surface area contributed by atoms with Crippen LogP contribution in [0.3, 0.4) is 0 Å². The second-order valence-electron chi connectivity index (χ2n) is 6.66. The minimum atomic E-state index is -4.48. The second-order valence-corrected chi connectivity index (χ2v) is 6.66. The summed E-state index contributed by atoms with van der Waals surface area (Å²) in [5.41, 5.74) is 1.03. The first kappa shape index (κ1) is 20.3. The van der Waals surface area contributed by atoms with Gasteiger partial charge in [0.1, 0.15) is 0 Å². The van der Waals surface area contributed by atoms with Gasteiger partial charge in [0.25, 0.3) is 5.91 Å². The molecule has 3 rings (SSSR count). The molecule has 0 saturated heterocycles. The number of aromatic hydroxyl groups is 1. The first-order chi connectivity index (χ1) is 13.7. The third-order valence-corrected chi connectivity index (χ3v) is 4.30. The first-order valence-electron chi connectivity index (χ1n) is 8.75. The number of para-hydroxylation sites is 1. The van der Waals surface area contributed by atoms with Crippen molar-refractivity contribution in [3.8, 4) is 5.88 Å². The lowest BCUT2D eigenvalue weighted by molar-refractivity contribution is -0.137. The van der Waals surface area contributed by atoms with E-state index in [1.54, 1.807) is 16.7 Å². The Morgan fingerprint density at radius 3 is 2.38 bits per heavy atom. The van der Waals surface area contributed by atoms with Gasteiger partial charge in [-0.3, -0.25) is 4.79 Å². The number of nitrogens with zero attached hydrogens (tertiary/aromatic N) is 3. The van der Waals surface area contributed by atoms with E-state index in [9.17, 15) is 23.1 Å². The number of allylic oxidation sites excluding steroid dienone is 2. The molecule has 29 heavy (non-hydrogen) atoms. The van der Waals surface area contributed by atoms with Gasteiger partial charge in [-0.2, -0.15) is 13.2 Å². The van der Waals surface area contributed by atoms with Crippen molar-refractivity contribution < 1.29 is 23.1 Å². The van der Waals surface area contributed by atoms with Crippen molar-refractivity contribution in [2.45, 2.75) is 26.6 Å². The summed E-state index contributed by atoms with van der Waals surface area (Å²) in [6.45, 7) is 4.29. The molecule has 0 aliphatic carbocycles. The topological polar surface area (TPSA) is 66.9 Å². The molecule has 8 heteroatoms. The number of halogens is 3. The Bertz CT molecular complexity index is 1110. The van der Waals surface area contributed by atoms with Crippen LogP contribution in [-0.2, 0) is 12.7 Å². The third kappa shape index (κ3) is 4.37. The highest BCUT2D eigenvalue weighted by Gasteiger charge is 2.30. The molecule has 5 nitrogen and oxygen atoms in total. The Hall–Kier alpha value is -3.42. The zero-order valence-electron chi connectivity index (χ0n) is 15.7. The molecule has 1 amide bonds. The average molecular weight is 401 g/mol. The van der Waals surface area contributed by atoms with E-state index in [0.29, 0.717) is 11.9 Å². The Balaban J connectivity index is 1.93. The minimum Gasteiger partial charge on any atom is -0.493 e. The van der Waals surface area contributed by atoms with E-state index in [2.05, 4.69) is 10.2 Å². The molecule has 0 bridgehead atoms. The molecule has 2 aromatic carbocycles. The largest absolute Gasteiger partial charge is 0.493 e. The molecule has 0 radical (unpaired) electrons. The Labute approximate surface area is 164 Å². The summed E-state index contributed by atoms with van der Waals surface area (Å²) in [5.74, 6) is -0.952. The maximum absolute atomic E-state index is 12.6. The molecule has 0 fully saturated rings. The van der Waals surface area contributed by atoms with Gasteiger partial charge in [-0.1, -0.05) is 29.8 Å². The monoisotopic (exact) mass is 401 g/mol. The summed E-state index contributed by atoms with van der Waals surface area (Å²) < 4.78 is 39.5. The van der Waals surface area contributed by atoms with Crippen LogP contribution in [0.15, 0.2) is 70.4 Å². The molecule has 1 N–H and O–H groups in total. The Morgan fingerprint density at radius 2 is 1.76 bits per heavy atom. The van der Waals surface area contributed by atoms with Crippen molar-refractivity contribution >= 4 is 22.5 Å². The maximum Gasteiger partial charge on any atom is 0.416 e. The van der Waals surface area contributed by atoms with Crippen LogP contribution in [0, 0.1) is 0 Å². The smallest absolute Gasteiger partial charge is 0.416 e. The van der Waals surface area contributed by atoms with Gasteiger partial charge in [0.05, 0.1) is 11.1 Å². The van der Waals surface area contributed by atoms with Crippen molar-refractivity contribution in [3.05, 3.63) is 71.3 Å². The van der Waals surface area contributed by atoms with E-state index in [1.807, 2.05) is 32.1 Å². The Kier molecular flexibility index (Phi) is 5.54. The fourth-order valence-corrected chi connectivity index (χ4v) is 2.78. The first-order valence-corrected chi connectivity index (χ1v) is 8.75. The molecule has 0 aliphatic heterocycles. The summed E-state index contributed by atoms with van der Waals surface area (Å²) in [6, 6.07) is 10.8. The number of hydrogen-bond acceptors (Lipinski definition) is 3. The molecular formula is C21H18F3N3O2. The molecule has 0 atom stereocenters. The molecule has 0 unspecified atom stereocenters. The van der Waals surface area contributed by atoms with Gasteiger partial charge in [-0.25, -0.2) is 0 Å². The summed E-state index contributed by atoms with van der Waals surface area (Å²) in [6.07, 6.45) is -2.55. The van der Waals surface area contributed by atoms with Gasteiger partial charge >= 0.3 is 6.18 Å². The lowest BCUT2D eigenvalue weighted by Gasteiger charge is -2.05. The average Bonchev–Trinajstić information content (AvgIpc) is 2.94. The summed E-state index contributed by atoms with van der Waals surface area (Å²) in [5, 5.41) is 18.7. The fourth-order valence-electron chi connectivity index (χ4n) is 2.78. The summed E-state index contributed by atoms with van der Waals surface area (Å²) in [7, 11) is 0. The minimum absolute atomic E-state index is 0.0329. The van der Waals surface area contributed by atoms with Crippen molar-refractivity contribution in [2.24, 2.45) is 10.2 Å². The van der Waals surface area contributed by atoms with E-state index >= 15 is 0 Å². The van der Waals surface area contributed by atoms with Crippen molar-refractivity contribution in [1.29, 1.82) is 0 Å². The predicted molar refractivity (Wildman–Crippen MR) is 103 cm³/mol. The highest BCUT2D eigenvalue weighted by atomic mass is 19.4. The van der Waals surface area contributed by atoms with Crippen LogP contribution in [0.1, 0.15) is 29.8 Å². The van der Waals surface area contributed by atoms with Gasteiger partial charge < -0.3 is 9.67 Å². The van der Waals surface area contributed by atoms with E-state index < -0.39 is 17.6 Å². The number of benzene rings is 2. The zero-order valence-corrected chi connectivity index (χ0v) is 15.7. The van der Waals surface area contributed by atoms with Crippen LogP contribution in [0.4, 0.5) is 18.9 Å². The third-order valence-electron chi connectivity index (χ3n) is 4.30. The number of rotatable bonds is 4. The number of fused-ring (bicyclic) bond motifs is 1. The standard InChI is InChI=1S/C21H18F3N3O2/c1-13(2)11-12-27-17-6-4-3-5-16(17)18(20(27)29)25-26-19(28)14-7-9-15(10-8-14)21(22,23)24/h3-11,29H,12H2,1-2H3. The van der Waals surface area contributed by atoms with Crippen molar-refractivity contribution in [3.63, 3.8) is 0 Å². The van der Waals surface area contributed by atoms with Crippen LogP contribution >= 0.6 is 0 Å². The molecule has 1 heterocycles. The quantitative estimate of drug-likeness (QED) is 0.414. The van der Waals surface area contributed by atoms with Gasteiger partial charge in [0.15, 0.2) is 5.69 Å². The van der Waals surface area contributed by atoms with E-state index in [-0.39, 0.29) is 17.1 Å². The lowest BCUT2D eigenvalue weighted by atomic mass is 10.1. The van der Waals surface area contributed by atoms with E-state index in [0.717, 1.165) is 35.4 Å². The SMILES string of the molecule is CC(C)=CCn1c(O)c(N=NC(=O)c2ccc(C(F)(F)F)cc2)c2ccccc21.